The second-order valence-electron chi connectivity index (χ2n) is 9.57. The van der Waals surface area contributed by atoms with Crippen LogP contribution in [-0.4, -0.2) is 85.3 Å². The molecule has 0 bridgehead atoms. The van der Waals surface area contributed by atoms with Gasteiger partial charge in [-0.05, 0) is 25.7 Å². The minimum atomic E-state index is -4.07. The average molecular weight is 664 g/mol. The van der Waals surface area contributed by atoms with Crippen LogP contribution in [0.4, 0.5) is 0 Å². The van der Waals surface area contributed by atoms with Crippen molar-refractivity contribution in [1.29, 1.82) is 0 Å². The molecule has 0 aliphatic rings. The van der Waals surface area contributed by atoms with Gasteiger partial charge in [0.05, 0.1) is 20.2 Å². The third-order valence-corrected chi connectivity index (χ3v) is 9.26. The number of rotatable bonds is 22. The van der Waals surface area contributed by atoms with Crippen LogP contribution in [0, 0.1) is 0 Å². The maximum atomic E-state index is 10.8. The molecule has 0 saturated heterocycles. The van der Waals surface area contributed by atoms with Crippen LogP contribution in [0.5, 0.6) is 0 Å². The molecule has 0 aliphatic heterocycles. The molecule has 0 heterocycles. The molecule has 2 unspecified atom stereocenters. The van der Waals surface area contributed by atoms with Crippen molar-refractivity contribution in [2.45, 2.75) is 167 Å². The van der Waals surface area contributed by atoms with E-state index in [4.69, 9.17) is 0 Å². The van der Waals surface area contributed by atoms with Gasteiger partial charge < -0.3 is 9.11 Å². The minimum Gasteiger partial charge on any atom is -0.748 e. The first-order valence-electron chi connectivity index (χ1n) is 13.9. The first kappa shape index (κ1) is 40.9. The summed E-state index contributed by atoms with van der Waals surface area (Å²) in [5, 5.41) is -1.33. The van der Waals surface area contributed by atoms with Gasteiger partial charge in [-0.2, -0.15) is 0 Å². The molecule has 0 amide bonds. The summed E-state index contributed by atoms with van der Waals surface area (Å²) in [6.45, 7) is 7.94. The Morgan fingerprint density at radius 1 is 0.457 bits per heavy atom. The molecular weight excluding hydrogens is 610 g/mol. The molecule has 0 fully saturated rings. The monoisotopic (exact) mass is 664 g/mol. The zero-order valence-electron chi connectivity index (χ0n) is 23.3. The summed E-state index contributed by atoms with van der Waals surface area (Å²) in [4.78, 5) is 0. The van der Waals surface area contributed by atoms with E-state index in [0.717, 1.165) is 25.7 Å². The Balaban J connectivity index is -0.000000569. The van der Waals surface area contributed by atoms with Crippen LogP contribution in [0.3, 0.4) is 0 Å². The SMILES string of the molecule is CCCCCCCCCCC(CC)S(=O)(=O)[O-].CCCCCCCCCCC(CC)S(=O)(=O)[O-].[Ba+2]. The van der Waals surface area contributed by atoms with E-state index < -0.39 is 30.7 Å². The van der Waals surface area contributed by atoms with Gasteiger partial charge in [-0.3, -0.25) is 0 Å². The van der Waals surface area contributed by atoms with Crippen molar-refractivity contribution in [3.63, 3.8) is 0 Å². The Morgan fingerprint density at radius 2 is 0.686 bits per heavy atom. The molecule has 0 aromatic heterocycles. The maximum absolute atomic E-state index is 10.8. The van der Waals surface area contributed by atoms with Crippen LogP contribution < -0.4 is 0 Å². The topological polar surface area (TPSA) is 114 Å². The van der Waals surface area contributed by atoms with E-state index in [-0.39, 0.29) is 48.9 Å². The van der Waals surface area contributed by atoms with E-state index in [1.54, 1.807) is 13.8 Å². The van der Waals surface area contributed by atoms with Crippen molar-refractivity contribution in [3.8, 4) is 0 Å². The van der Waals surface area contributed by atoms with Gasteiger partial charge in [0.2, 0.25) is 0 Å². The molecule has 208 valence electrons. The van der Waals surface area contributed by atoms with Crippen LogP contribution in [0.1, 0.15) is 156 Å². The molecule has 35 heavy (non-hydrogen) atoms. The van der Waals surface area contributed by atoms with E-state index in [9.17, 15) is 25.9 Å². The zero-order valence-corrected chi connectivity index (χ0v) is 29.3. The van der Waals surface area contributed by atoms with Crippen molar-refractivity contribution in [1.82, 2.24) is 0 Å². The molecule has 0 aromatic carbocycles. The molecule has 0 N–H and O–H groups in total. The Morgan fingerprint density at radius 3 is 0.886 bits per heavy atom. The van der Waals surface area contributed by atoms with Crippen LogP contribution in [-0.2, 0) is 20.2 Å². The summed E-state index contributed by atoms with van der Waals surface area (Å²) in [7, 11) is -8.14. The van der Waals surface area contributed by atoms with E-state index >= 15 is 0 Å². The molecule has 0 aliphatic carbocycles. The Labute approximate surface area is 259 Å². The fourth-order valence-corrected chi connectivity index (χ4v) is 5.84. The van der Waals surface area contributed by atoms with Crippen LogP contribution in [0.2, 0.25) is 0 Å². The molecule has 0 aromatic rings. The molecule has 0 saturated carbocycles. The minimum absolute atomic E-state index is 0. The van der Waals surface area contributed by atoms with Crippen molar-refractivity contribution < 1.29 is 25.9 Å². The smallest absolute Gasteiger partial charge is 0.748 e. The van der Waals surface area contributed by atoms with E-state index in [2.05, 4.69) is 13.8 Å². The van der Waals surface area contributed by atoms with Gasteiger partial charge in [0.15, 0.2) is 0 Å². The molecule has 0 spiro atoms. The van der Waals surface area contributed by atoms with Gasteiger partial charge in [-0.15, -0.1) is 0 Å². The Hall–Kier alpha value is 1.39. The molecule has 0 rings (SSSR count). The molecule has 0 radical (unpaired) electrons. The predicted molar refractivity (Wildman–Crippen MR) is 148 cm³/mol. The third-order valence-electron chi connectivity index (χ3n) is 6.49. The first-order valence-corrected chi connectivity index (χ1v) is 16.9. The van der Waals surface area contributed by atoms with Crippen molar-refractivity contribution in [2.24, 2.45) is 0 Å². The van der Waals surface area contributed by atoms with E-state index in [0.29, 0.717) is 25.7 Å². The normalized spacial score (nSPS) is 13.4. The second kappa shape index (κ2) is 27.0. The van der Waals surface area contributed by atoms with Gasteiger partial charge in [-0.25, -0.2) is 16.8 Å². The van der Waals surface area contributed by atoms with Crippen molar-refractivity contribution >= 4 is 69.1 Å². The Bertz CT molecular complexity index is 582. The molecule has 6 nitrogen and oxygen atoms in total. The van der Waals surface area contributed by atoms with Crippen LogP contribution in [0.25, 0.3) is 0 Å². The molecular formula is C26H54BaO6S2. The van der Waals surface area contributed by atoms with Gasteiger partial charge in [-0.1, -0.05) is 130 Å². The first-order chi connectivity index (χ1) is 16.0. The van der Waals surface area contributed by atoms with E-state index in [1.807, 2.05) is 0 Å². The standard InChI is InChI=1S/2C13H28O3S.Ba/c2*1-3-5-6-7-8-9-10-11-12-13(4-2)17(14,15)16;/h2*13H,3-12H2,1-2H3,(H,14,15,16);/q;;+2/p-2. The average Bonchev–Trinajstić information content (AvgIpc) is 2.76. The van der Waals surface area contributed by atoms with Gasteiger partial charge >= 0.3 is 48.9 Å². The fourth-order valence-electron chi connectivity index (χ4n) is 4.12. The zero-order chi connectivity index (χ0) is 26.3. The van der Waals surface area contributed by atoms with Gasteiger partial charge in [0, 0.05) is 10.5 Å². The van der Waals surface area contributed by atoms with Gasteiger partial charge in [0.1, 0.15) is 0 Å². The van der Waals surface area contributed by atoms with Crippen LogP contribution >= 0.6 is 0 Å². The van der Waals surface area contributed by atoms with Gasteiger partial charge in [0.25, 0.3) is 0 Å². The summed E-state index contributed by atoms with van der Waals surface area (Å²) in [6, 6.07) is 0. The summed E-state index contributed by atoms with van der Waals surface area (Å²) in [6.07, 6.45) is 21.0. The van der Waals surface area contributed by atoms with Crippen LogP contribution in [0.15, 0.2) is 0 Å². The fraction of sp³-hybridized carbons (Fsp3) is 1.00. The van der Waals surface area contributed by atoms with E-state index in [1.165, 1.54) is 77.0 Å². The third kappa shape index (κ3) is 28.2. The second-order valence-corrected chi connectivity index (χ2v) is 12.9. The number of hydrogen-bond donors (Lipinski definition) is 0. The number of unbranched alkanes of at least 4 members (excludes halogenated alkanes) is 14. The summed E-state index contributed by atoms with van der Waals surface area (Å²) in [5.41, 5.74) is 0. The predicted octanol–water partition coefficient (Wildman–Crippen LogP) is 7.30. The summed E-state index contributed by atoms with van der Waals surface area (Å²) in [5.74, 6) is 0. The summed E-state index contributed by atoms with van der Waals surface area (Å²) < 4.78 is 65.1. The molecule has 2 atom stereocenters. The van der Waals surface area contributed by atoms with Crippen molar-refractivity contribution in [3.05, 3.63) is 0 Å². The maximum Gasteiger partial charge on any atom is 2.00 e. The number of hydrogen-bond acceptors (Lipinski definition) is 6. The summed E-state index contributed by atoms with van der Waals surface area (Å²) >= 11 is 0. The molecule has 9 heteroatoms. The van der Waals surface area contributed by atoms with Crippen molar-refractivity contribution in [2.75, 3.05) is 0 Å². The quantitative estimate of drug-likeness (QED) is 0.0682. The largest absolute Gasteiger partial charge is 2.00 e. The Kier molecular flexibility index (Phi) is 31.5.